The van der Waals surface area contributed by atoms with Crippen molar-refractivity contribution in [2.75, 3.05) is 6.61 Å². The lowest BCUT2D eigenvalue weighted by atomic mass is 10.1. The highest BCUT2D eigenvalue weighted by Crippen LogP contribution is 2.47. The lowest BCUT2D eigenvalue weighted by molar-refractivity contribution is 0.151. The highest BCUT2D eigenvalue weighted by atomic mass is 35.5. The molecule has 1 N–H and O–H groups in total. The zero-order valence-corrected chi connectivity index (χ0v) is 9.83. The molecule has 0 spiro atoms. The maximum Gasteiger partial charge on any atom is 0.138 e. The Kier molecular flexibility index (Phi) is 2.37. The average molecular weight is 239 g/mol. The summed E-state index contributed by atoms with van der Waals surface area (Å²) in [7, 11) is 0. The third kappa shape index (κ3) is 2.04. The van der Waals surface area contributed by atoms with Crippen molar-refractivity contribution in [1.29, 1.82) is 0 Å². The van der Waals surface area contributed by atoms with E-state index in [1.165, 1.54) is 12.8 Å². The molecule has 1 aromatic carbocycles. The SMILES string of the molecule is OC1(c2ccc(Cl)c(OCC3CC3)c2)CC1. The van der Waals surface area contributed by atoms with E-state index in [4.69, 9.17) is 16.3 Å². The van der Waals surface area contributed by atoms with E-state index in [9.17, 15) is 5.11 Å². The van der Waals surface area contributed by atoms with Crippen LogP contribution in [0.1, 0.15) is 31.2 Å². The van der Waals surface area contributed by atoms with Crippen LogP contribution in [-0.4, -0.2) is 11.7 Å². The van der Waals surface area contributed by atoms with Gasteiger partial charge in [0, 0.05) is 0 Å². The first-order chi connectivity index (χ1) is 7.67. The number of ether oxygens (including phenoxy) is 1. The summed E-state index contributed by atoms with van der Waals surface area (Å²) in [6, 6.07) is 5.59. The Morgan fingerprint density at radius 1 is 1.38 bits per heavy atom. The lowest BCUT2D eigenvalue weighted by Gasteiger charge is -2.12. The van der Waals surface area contributed by atoms with Gasteiger partial charge in [-0.25, -0.2) is 0 Å². The van der Waals surface area contributed by atoms with Crippen LogP contribution in [0.15, 0.2) is 18.2 Å². The van der Waals surface area contributed by atoms with Crippen LogP contribution in [0.5, 0.6) is 5.75 Å². The fourth-order valence-electron chi connectivity index (χ4n) is 1.80. The average Bonchev–Trinajstić information content (AvgIpc) is 3.14. The molecule has 2 aliphatic carbocycles. The third-order valence-corrected chi connectivity index (χ3v) is 3.68. The molecular formula is C13H15ClO2. The molecule has 0 radical (unpaired) electrons. The van der Waals surface area contributed by atoms with Crippen LogP contribution < -0.4 is 4.74 Å². The molecular weight excluding hydrogens is 224 g/mol. The second-order valence-corrected chi connectivity index (χ2v) is 5.34. The molecule has 2 fully saturated rings. The van der Waals surface area contributed by atoms with E-state index in [0.717, 1.165) is 25.0 Å². The topological polar surface area (TPSA) is 29.5 Å². The molecule has 16 heavy (non-hydrogen) atoms. The molecule has 0 amide bonds. The van der Waals surface area contributed by atoms with Gasteiger partial charge in [0.05, 0.1) is 17.2 Å². The molecule has 86 valence electrons. The fraction of sp³-hybridized carbons (Fsp3) is 0.538. The van der Waals surface area contributed by atoms with Gasteiger partial charge in [-0.2, -0.15) is 0 Å². The molecule has 0 saturated heterocycles. The van der Waals surface area contributed by atoms with E-state index in [1.54, 1.807) is 0 Å². The quantitative estimate of drug-likeness (QED) is 0.874. The van der Waals surface area contributed by atoms with Gasteiger partial charge in [-0.1, -0.05) is 17.7 Å². The monoisotopic (exact) mass is 238 g/mol. The van der Waals surface area contributed by atoms with Crippen molar-refractivity contribution in [2.24, 2.45) is 5.92 Å². The Balaban J connectivity index is 1.78. The molecule has 0 aliphatic heterocycles. The highest BCUT2D eigenvalue weighted by molar-refractivity contribution is 6.32. The van der Waals surface area contributed by atoms with Crippen LogP contribution >= 0.6 is 11.6 Å². The molecule has 2 saturated carbocycles. The van der Waals surface area contributed by atoms with E-state index in [0.29, 0.717) is 16.7 Å². The predicted octanol–water partition coefficient (Wildman–Crippen LogP) is 3.11. The van der Waals surface area contributed by atoms with Gasteiger partial charge in [0.25, 0.3) is 0 Å². The predicted molar refractivity (Wildman–Crippen MR) is 62.8 cm³/mol. The van der Waals surface area contributed by atoms with Crippen LogP contribution in [0.25, 0.3) is 0 Å². The molecule has 0 atom stereocenters. The van der Waals surface area contributed by atoms with Crippen molar-refractivity contribution < 1.29 is 9.84 Å². The summed E-state index contributed by atoms with van der Waals surface area (Å²) in [5.41, 5.74) is 0.324. The molecule has 0 heterocycles. The Morgan fingerprint density at radius 3 is 2.75 bits per heavy atom. The highest BCUT2D eigenvalue weighted by Gasteiger charge is 2.42. The van der Waals surface area contributed by atoms with Crippen molar-refractivity contribution >= 4 is 11.6 Å². The van der Waals surface area contributed by atoms with Gasteiger partial charge in [-0.05, 0) is 49.3 Å². The van der Waals surface area contributed by atoms with Crippen molar-refractivity contribution in [3.05, 3.63) is 28.8 Å². The number of rotatable bonds is 4. The van der Waals surface area contributed by atoms with Gasteiger partial charge in [-0.3, -0.25) is 0 Å². The van der Waals surface area contributed by atoms with Crippen LogP contribution in [0.4, 0.5) is 0 Å². The maximum absolute atomic E-state index is 10.0. The first kappa shape index (κ1) is 10.4. The number of hydrogen-bond acceptors (Lipinski definition) is 2. The summed E-state index contributed by atoms with van der Waals surface area (Å²) < 4.78 is 5.68. The van der Waals surface area contributed by atoms with Crippen molar-refractivity contribution in [1.82, 2.24) is 0 Å². The zero-order valence-electron chi connectivity index (χ0n) is 9.08. The van der Waals surface area contributed by atoms with Crippen LogP contribution in [0.3, 0.4) is 0 Å². The third-order valence-electron chi connectivity index (χ3n) is 3.36. The smallest absolute Gasteiger partial charge is 0.138 e. The van der Waals surface area contributed by atoms with Crippen LogP contribution in [0.2, 0.25) is 5.02 Å². The maximum atomic E-state index is 10.0. The number of hydrogen-bond donors (Lipinski definition) is 1. The van der Waals surface area contributed by atoms with Gasteiger partial charge in [0.1, 0.15) is 5.75 Å². The van der Waals surface area contributed by atoms with E-state index in [2.05, 4.69) is 0 Å². The van der Waals surface area contributed by atoms with E-state index in [-0.39, 0.29) is 0 Å². The second kappa shape index (κ2) is 3.64. The molecule has 1 aromatic rings. The number of halogens is 1. The standard InChI is InChI=1S/C13H15ClO2/c14-11-4-3-10(13(15)5-6-13)7-12(11)16-8-9-1-2-9/h3-4,7,9,15H,1-2,5-6,8H2. The molecule has 0 aromatic heterocycles. The van der Waals surface area contributed by atoms with Crippen molar-refractivity contribution in [3.8, 4) is 5.75 Å². The summed E-state index contributed by atoms with van der Waals surface area (Å²) >= 11 is 6.06. The van der Waals surface area contributed by atoms with Gasteiger partial charge in [0.2, 0.25) is 0 Å². The summed E-state index contributed by atoms with van der Waals surface area (Å²) in [5.74, 6) is 1.43. The molecule has 3 heteroatoms. The Morgan fingerprint density at radius 2 is 2.12 bits per heavy atom. The van der Waals surface area contributed by atoms with Gasteiger partial charge < -0.3 is 9.84 Å². The zero-order chi connectivity index (χ0) is 11.2. The second-order valence-electron chi connectivity index (χ2n) is 4.93. The van der Waals surface area contributed by atoms with Gasteiger partial charge >= 0.3 is 0 Å². The largest absolute Gasteiger partial charge is 0.492 e. The van der Waals surface area contributed by atoms with Gasteiger partial charge in [0.15, 0.2) is 0 Å². The van der Waals surface area contributed by atoms with Crippen LogP contribution in [-0.2, 0) is 5.60 Å². The van der Waals surface area contributed by atoms with Crippen molar-refractivity contribution in [2.45, 2.75) is 31.3 Å². The Bertz CT molecular complexity index is 408. The lowest BCUT2D eigenvalue weighted by Crippen LogP contribution is -2.06. The minimum absolute atomic E-state index is 0.609. The molecule has 0 unspecified atom stereocenters. The molecule has 3 rings (SSSR count). The summed E-state index contributed by atoms with van der Waals surface area (Å²) in [5, 5.41) is 10.6. The molecule has 0 bridgehead atoms. The normalized spacial score (nSPS) is 21.9. The minimum atomic E-state index is -0.609. The number of aliphatic hydroxyl groups is 1. The van der Waals surface area contributed by atoms with E-state index in [1.807, 2.05) is 18.2 Å². The van der Waals surface area contributed by atoms with Gasteiger partial charge in [-0.15, -0.1) is 0 Å². The fourth-order valence-corrected chi connectivity index (χ4v) is 1.97. The summed E-state index contributed by atoms with van der Waals surface area (Å²) in [4.78, 5) is 0. The Hall–Kier alpha value is -0.730. The van der Waals surface area contributed by atoms with Crippen LogP contribution in [0, 0.1) is 5.92 Å². The summed E-state index contributed by atoms with van der Waals surface area (Å²) in [6.45, 7) is 0.752. The minimum Gasteiger partial charge on any atom is -0.492 e. The van der Waals surface area contributed by atoms with Crippen molar-refractivity contribution in [3.63, 3.8) is 0 Å². The van der Waals surface area contributed by atoms with E-state index >= 15 is 0 Å². The molecule has 2 aliphatic rings. The summed E-state index contributed by atoms with van der Waals surface area (Å²) in [6.07, 6.45) is 4.22. The first-order valence-electron chi connectivity index (χ1n) is 5.83. The molecule has 2 nitrogen and oxygen atoms in total. The Labute approximate surface area is 100 Å². The first-order valence-corrected chi connectivity index (χ1v) is 6.20. The van der Waals surface area contributed by atoms with E-state index < -0.39 is 5.60 Å². The number of benzene rings is 1.